The number of rotatable bonds is 7. The highest BCUT2D eigenvalue weighted by Crippen LogP contribution is 2.26. The molecule has 0 saturated carbocycles. The van der Waals surface area contributed by atoms with Crippen molar-refractivity contribution in [1.29, 1.82) is 0 Å². The summed E-state index contributed by atoms with van der Waals surface area (Å²) in [6.07, 6.45) is 0.812. The van der Waals surface area contributed by atoms with Gasteiger partial charge in [0.2, 0.25) is 5.91 Å². The van der Waals surface area contributed by atoms with E-state index in [0.29, 0.717) is 22.6 Å². The minimum Gasteiger partial charge on any atom is -0.350 e. The van der Waals surface area contributed by atoms with Crippen LogP contribution in [-0.4, -0.2) is 20.7 Å². The Labute approximate surface area is 166 Å². The first-order chi connectivity index (χ1) is 13.0. The van der Waals surface area contributed by atoms with Crippen LogP contribution in [0.25, 0.3) is 10.9 Å². The second-order valence-corrected chi connectivity index (χ2v) is 8.74. The van der Waals surface area contributed by atoms with Crippen molar-refractivity contribution in [1.82, 2.24) is 14.9 Å². The number of carbonyl (C=O) groups excluding carboxylic acids is 1. The summed E-state index contributed by atoms with van der Waals surface area (Å²) in [4.78, 5) is 31.3. The van der Waals surface area contributed by atoms with Crippen LogP contribution in [0.1, 0.15) is 38.1 Å². The van der Waals surface area contributed by atoms with Crippen molar-refractivity contribution in [2.45, 2.75) is 50.2 Å². The zero-order valence-electron chi connectivity index (χ0n) is 15.6. The Balaban J connectivity index is 1.86. The van der Waals surface area contributed by atoms with E-state index < -0.39 is 0 Å². The number of thiophene rings is 1. The summed E-state index contributed by atoms with van der Waals surface area (Å²) < 4.78 is 1.72. The van der Waals surface area contributed by atoms with E-state index in [0.717, 1.165) is 11.3 Å². The topological polar surface area (TPSA) is 64.0 Å². The van der Waals surface area contributed by atoms with Crippen LogP contribution in [0.4, 0.5) is 0 Å². The Morgan fingerprint density at radius 1 is 1.26 bits per heavy atom. The summed E-state index contributed by atoms with van der Waals surface area (Å²) in [5.41, 5.74) is 0.611. The fourth-order valence-electron chi connectivity index (χ4n) is 2.72. The molecule has 2 atom stereocenters. The summed E-state index contributed by atoms with van der Waals surface area (Å²) in [7, 11) is 0. The molecule has 7 heteroatoms. The number of nitrogens with one attached hydrogen (secondary N) is 1. The SMILES string of the molecule is CC[C@H](C)n1c(S[C@H](C)C(=O)NCc2cccs2)nc2ccccc2c1=O. The number of benzene rings is 1. The molecule has 0 aliphatic rings. The lowest BCUT2D eigenvalue weighted by atomic mass is 10.2. The van der Waals surface area contributed by atoms with Gasteiger partial charge >= 0.3 is 0 Å². The van der Waals surface area contributed by atoms with Gasteiger partial charge in [-0.05, 0) is 43.8 Å². The van der Waals surface area contributed by atoms with Crippen LogP contribution in [0.15, 0.2) is 51.7 Å². The molecule has 27 heavy (non-hydrogen) atoms. The molecule has 1 aromatic carbocycles. The normalized spacial score (nSPS) is 13.4. The number of hydrogen-bond donors (Lipinski definition) is 1. The van der Waals surface area contributed by atoms with E-state index in [9.17, 15) is 9.59 Å². The van der Waals surface area contributed by atoms with E-state index in [4.69, 9.17) is 0 Å². The van der Waals surface area contributed by atoms with Crippen LogP contribution in [0.3, 0.4) is 0 Å². The highest BCUT2D eigenvalue weighted by atomic mass is 32.2. The number of aromatic nitrogens is 2. The second kappa shape index (κ2) is 8.71. The third-order valence-corrected chi connectivity index (χ3v) is 6.42. The molecule has 1 amide bonds. The molecule has 0 saturated heterocycles. The molecule has 0 fully saturated rings. The number of amides is 1. The highest BCUT2D eigenvalue weighted by molar-refractivity contribution is 8.00. The van der Waals surface area contributed by atoms with Crippen LogP contribution < -0.4 is 10.9 Å². The number of nitrogens with zero attached hydrogens (tertiary/aromatic N) is 2. The Hall–Kier alpha value is -2.12. The number of thioether (sulfide) groups is 1. The molecule has 142 valence electrons. The molecule has 0 aliphatic heterocycles. The zero-order chi connectivity index (χ0) is 19.4. The van der Waals surface area contributed by atoms with Gasteiger partial charge in [-0.2, -0.15) is 0 Å². The van der Waals surface area contributed by atoms with E-state index in [1.165, 1.54) is 11.8 Å². The first kappa shape index (κ1) is 19.6. The first-order valence-corrected chi connectivity index (χ1v) is 10.7. The average molecular weight is 402 g/mol. The molecular formula is C20H23N3O2S2. The monoisotopic (exact) mass is 401 g/mol. The molecule has 0 radical (unpaired) electrons. The minimum absolute atomic E-state index is 0.0125. The van der Waals surface area contributed by atoms with Gasteiger partial charge in [-0.15, -0.1) is 11.3 Å². The predicted molar refractivity (Wildman–Crippen MR) is 112 cm³/mol. The Morgan fingerprint density at radius 3 is 2.74 bits per heavy atom. The van der Waals surface area contributed by atoms with Crippen molar-refractivity contribution in [3.8, 4) is 0 Å². The molecule has 2 heterocycles. The maximum absolute atomic E-state index is 13.0. The third-order valence-electron chi connectivity index (χ3n) is 4.48. The molecule has 3 aromatic rings. The van der Waals surface area contributed by atoms with Crippen molar-refractivity contribution in [2.75, 3.05) is 0 Å². The quantitative estimate of drug-likeness (QED) is 0.475. The van der Waals surface area contributed by atoms with Crippen molar-refractivity contribution >= 4 is 39.9 Å². The second-order valence-electron chi connectivity index (χ2n) is 6.40. The van der Waals surface area contributed by atoms with Gasteiger partial charge in [-0.25, -0.2) is 4.98 Å². The maximum atomic E-state index is 13.0. The molecule has 1 N–H and O–H groups in total. The van der Waals surface area contributed by atoms with Gasteiger partial charge in [0.1, 0.15) is 0 Å². The van der Waals surface area contributed by atoms with Gasteiger partial charge in [0, 0.05) is 10.9 Å². The highest BCUT2D eigenvalue weighted by Gasteiger charge is 2.21. The van der Waals surface area contributed by atoms with Crippen LogP contribution in [0.2, 0.25) is 0 Å². The minimum atomic E-state index is -0.353. The fraction of sp³-hybridized carbons (Fsp3) is 0.350. The summed E-state index contributed by atoms with van der Waals surface area (Å²) in [6.45, 7) is 6.41. The predicted octanol–water partition coefficient (Wildman–Crippen LogP) is 4.23. The van der Waals surface area contributed by atoms with E-state index in [-0.39, 0.29) is 22.8 Å². The number of fused-ring (bicyclic) bond motifs is 1. The van der Waals surface area contributed by atoms with Crippen molar-refractivity contribution < 1.29 is 4.79 Å². The average Bonchev–Trinajstić information content (AvgIpc) is 3.19. The molecule has 0 aliphatic carbocycles. The van der Waals surface area contributed by atoms with Gasteiger partial charge in [0.25, 0.3) is 5.56 Å². The molecular weight excluding hydrogens is 378 g/mol. The van der Waals surface area contributed by atoms with E-state index in [2.05, 4.69) is 10.3 Å². The van der Waals surface area contributed by atoms with Crippen LogP contribution in [-0.2, 0) is 11.3 Å². The van der Waals surface area contributed by atoms with Gasteiger partial charge in [0.15, 0.2) is 5.16 Å². The number of carbonyl (C=O) groups is 1. The lowest BCUT2D eigenvalue weighted by Gasteiger charge is -2.20. The van der Waals surface area contributed by atoms with Gasteiger partial charge < -0.3 is 5.32 Å². The van der Waals surface area contributed by atoms with Gasteiger partial charge in [-0.3, -0.25) is 14.2 Å². The molecule has 0 spiro atoms. The third kappa shape index (κ3) is 4.42. The summed E-state index contributed by atoms with van der Waals surface area (Å²) in [5, 5.41) is 5.79. The van der Waals surface area contributed by atoms with Crippen LogP contribution >= 0.6 is 23.1 Å². The number of hydrogen-bond acceptors (Lipinski definition) is 5. The van der Waals surface area contributed by atoms with E-state index >= 15 is 0 Å². The van der Waals surface area contributed by atoms with Crippen LogP contribution in [0.5, 0.6) is 0 Å². The lowest BCUT2D eigenvalue weighted by Crippen LogP contribution is -2.32. The lowest BCUT2D eigenvalue weighted by molar-refractivity contribution is -0.120. The summed E-state index contributed by atoms with van der Waals surface area (Å²) in [6, 6.07) is 11.3. The largest absolute Gasteiger partial charge is 0.350 e. The molecule has 3 rings (SSSR count). The van der Waals surface area contributed by atoms with E-state index in [1.807, 2.05) is 56.5 Å². The van der Waals surface area contributed by atoms with E-state index in [1.54, 1.807) is 22.0 Å². The van der Waals surface area contributed by atoms with Crippen molar-refractivity contribution in [2.24, 2.45) is 0 Å². The number of para-hydroxylation sites is 1. The maximum Gasteiger partial charge on any atom is 0.262 e. The zero-order valence-corrected chi connectivity index (χ0v) is 17.3. The van der Waals surface area contributed by atoms with Gasteiger partial charge in [-0.1, -0.05) is 36.9 Å². The Morgan fingerprint density at radius 2 is 2.04 bits per heavy atom. The standard InChI is InChI=1S/C20H23N3O2S2/c1-4-13(2)23-19(25)16-9-5-6-10-17(16)22-20(23)27-14(3)18(24)21-12-15-8-7-11-26-15/h5-11,13-14H,4,12H2,1-3H3,(H,21,24)/t13-,14+/m0/s1. The smallest absolute Gasteiger partial charge is 0.262 e. The molecule has 0 bridgehead atoms. The summed E-state index contributed by atoms with van der Waals surface area (Å²) in [5.74, 6) is -0.0634. The van der Waals surface area contributed by atoms with Crippen molar-refractivity contribution in [3.05, 3.63) is 57.0 Å². The molecule has 2 aromatic heterocycles. The van der Waals surface area contributed by atoms with Gasteiger partial charge in [0.05, 0.1) is 22.7 Å². The Kier molecular flexibility index (Phi) is 6.34. The summed E-state index contributed by atoms with van der Waals surface area (Å²) >= 11 is 2.95. The first-order valence-electron chi connectivity index (χ1n) is 8.99. The van der Waals surface area contributed by atoms with Crippen molar-refractivity contribution in [3.63, 3.8) is 0 Å². The van der Waals surface area contributed by atoms with Crippen LogP contribution in [0, 0.1) is 0 Å². The fourth-order valence-corrected chi connectivity index (χ4v) is 4.40. The molecule has 5 nitrogen and oxygen atoms in total. The molecule has 0 unspecified atom stereocenters. The Bertz CT molecular complexity index is 983.